The van der Waals surface area contributed by atoms with Crippen molar-refractivity contribution >= 4 is 35.4 Å². The predicted molar refractivity (Wildman–Crippen MR) is 141 cm³/mol. The van der Waals surface area contributed by atoms with Gasteiger partial charge in [0.1, 0.15) is 24.2 Å². The predicted octanol–water partition coefficient (Wildman–Crippen LogP) is -2.19. The molecule has 13 heteroatoms. The summed E-state index contributed by atoms with van der Waals surface area (Å²) in [6, 6.07) is 4.34. The number of amides is 6. The average molecular weight is 547 g/mol. The lowest BCUT2D eigenvalue weighted by molar-refractivity contribution is -0.137. The lowest BCUT2D eigenvalue weighted by Crippen LogP contribution is -2.60. The Balaban J connectivity index is 2.34. The maximum Gasteiger partial charge on any atom is 0.245 e. The second kappa shape index (κ2) is 14.8. The quantitative estimate of drug-likeness (QED) is 0.248. The number of benzene rings is 1. The van der Waals surface area contributed by atoms with Crippen LogP contribution in [0, 0.1) is 5.92 Å². The molecule has 1 heterocycles. The molecule has 4 atom stereocenters. The number of hydrogen-bond acceptors (Lipinski definition) is 7. The van der Waals surface area contributed by atoms with E-state index in [2.05, 4.69) is 26.6 Å². The molecule has 1 aromatic carbocycles. The molecule has 0 aromatic heterocycles. The molecule has 0 saturated carbocycles. The molecule has 0 radical (unpaired) electrons. The summed E-state index contributed by atoms with van der Waals surface area (Å²) in [6.45, 7) is 4.97. The fraction of sp³-hybridized carbons (Fsp3) is 0.538. The molecular weight excluding hydrogens is 508 g/mol. The smallest absolute Gasteiger partial charge is 0.245 e. The molecule has 1 aromatic rings. The zero-order valence-corrected chi connectivity index (χ0v) is 22.7. The van der Waals surface area contributed by atoms with E-state index in [9.17, 15) is 33.9 Å². The lowest BCUT2D eigenvalue weighted by atomic mass is 10.0. The summed E-state index contributed by atoms with van der Waals surface area (Å²) in [5, 5.41) is 22.5. The molecule has 0 aliphatic carbocycles. The highest BCUT2D eigenvalue weighted by Crippen LogP contribution is 2.06. The van der Waals surface area contributed by atoms with Crippen LogP contribution < -0.4 is 26.6 Å². The third-order valence-electron chi connectivity index (χ3n) is 6.21. The van der Waals surface area contributed by atoms with Crippen molar-refractivity contribution in [2.24, 2.45) is 5.92 Å². The summed E-state index contributed by atoms with van der Waals surface area (Å²) in [5.41, 5.74) is 0.753. The SMILES string of the molecule is CC(=O)N1CCNC(=O)[C@@H](Cc2ccccc2)NC(=O)[C@H](CO)NC(=O)[C@H](C)NC(=O)[C@@H](C(C)C)NC(=O)C1. The second-order valence-electron chi connectivity index (χ2n) is 9.75. The van der Waals surface area contributed by atoms with Crippen LogP contribution in [0.25, 0.3) is 0 Å². The Morgan fingerprint density at radius 3 is 2.15 bits per heavy atom. The Morgan fingerprint density at radius 2 is 1.56 bits per heavy atom. The molecule has 0 unspecified atom stereocenters. The van der Waals surface area contributed by atoms with E-state index in [4.69, 9.17) is 0 Å². The minimum Gasteiger partial charge on any atom is -0.394 e. The van der Waals surface area contributed by atoms with Crippen LogP contribution in [0.3, 0.4) is 0 Å². The molecule has 6 N–H and O–H groups in total. The van der Waals surface area contributed by atoms with Crippen molar-refractivity contribution in [2.45, 2.75) is 58.3 Å². The molecule has 2 rings (SSSR count). The maximum atomic E-state index is 13.1. The van der Waals surface area contributed by atoms with Crippen molar-refractivity contribution in [1.82, 2.24) is 31.5 Å². The van der Waals surface area contributed by atoms with Crippen molar-refractivity contribution < 1.29 is 33.9 Å². The number of rotatable bonds is 4. The molecule has 1 fully saturated rings. The van der Waals surface area contributed by atoms with E-state index in [1.807, 2.05) is 0 Å². The minimum atomic E-state index is -1.39. The van der Waals surface area contributed by atoms with Crippen LogP contribution in [0.15, 0.2) is 30.3 Å². The fourth-order valence-corrected chi connectivity index (χ4v) is 3.90. The summed E-state index contributed by atoms with van der Waals surface area (Å²) in [7, 11) is 0. The Morgan fingerprint density at radius 1 is 0.923 bits per heavy atom. The van der Waals surface area contributed by atoms with E-state index in [1.165, 1.54) is 18.7 Å². The molecule has 0 bridgehead atoms. The average Bonchev–Trinajstić information content (AvgIpc) is 2.88. The van der Waals surface area contributed by atoms with Crippen LogP contribution in [0.4, 0.5) is 0 Å². The van der Waals surface area contributed by atoms with Gasteiger partial charge in [-0.3, -0.25) is 28.8 Å². The van der Waals surface area contributed by atoms with Gasteiger partial charge in [-0.05, 0) is 18.4 Å². The van der Waals surface area contributed by atoms with E-state index in [0.29, 0.717) is 0 Å². The van der Waals surface area contributed by atoms with Gasteiger partial charge in [0.05, 0.1) is 13.2 Å². The van der Waals surface area contributed by atoms with Crippen molar-refractivity contribution in [2.75, 3.05) is 26.2 Å². The number of nitrogens with zero attached hydrogens (tertiary/aromatic N) is 1. The number of carbonyl (C=O) groups excluding carboxylic acids is 6. The van der Waals surface area contributed by atoms with Gasteiger partial charge in [0.25, 0.3) is 0 Å². The largest absolute Gasteiger partial charge is 0.394 e. The molecular formula is C26H38N6O7. The van der Waals surface area contributed by atoms with Crippen molar-refractivity contribution in [3.8, 4) is 0 Å². The molecule has 13 nitrogen and oxygen atoms in total. The Kier molecular flexibility index (Phi) is 11.9. The summed E-state index contributed by atoms with van der Waals surface area (Å²) in [6.07, 6.45) is 0.117. The normalized spacial score (nSPS) is 24.5. The first-order chi connectivity index (χ1) is 18.4. The van der Waals surface area contributed by atoms with E-state index < -0.39 is 66.2 Å². The van der Waals surface area contributed by atoms with Gasteiger partial charge in [-0.25, -0.2) is 0 Å². The lowest BCUT2D eigenvalue weighted by Gasteiger charge is -2.27. The van der Waals surface area contributed by atoms with Crippen LogP contribution in [-0.4, -0.2) is 95.9 Å². The van der Waals surface area contributed by atoms with Crippen LogP contribution in [0.5, 0.6) is 0 Å². The second-order valence-corrected chi connectivity index (χ2v) is 9.75. The van der Waals surface area contributed by atoms with Gasteiger partial charge < -0.3 is 36.6 Å². The first kappa shape index (κ1) is 31.2. The van der Waals surface area contributed by atoms with Crippen molar-refractivity contribution in [1.29, 1.82) is 0 Å². The topological polar surface area (TPSA) is 186 Å². The van der Waals surface area contributed by atoms with Gasteiger partial charge in [-0.15, -0.1) is 0 Å². The molecule has 214 valence electrons. The highest BCUT2D eigenvalue weighted by Gasteiger charge is 2.31. The number of hydrogen-bond donors (Lipinski definition) is 6. The third kappa shape index (κ3) is 9.67. The summed E-state index contributed by atoms with van der Waals surface area (Å²) in [4.78, 5) is 77.7. The van der Waals surface area contributed by atoms with E-state index >= 15 is 0 Å². The van der Waals surface area contributed by atoms with Gasteiger partial charge >= 0.3 is 0 Å². The highest BCUT2D eigenvalue weighted by molar-refractivity contribution is 5.96. The number of nitrogens with one attached hydrogen (secondary N) is 5. The van der Waals surface area contributed by atoms with Gasteiger partial charge in [0.2, 0.25) is 35.4 Å². The Hall–Kier alpha value is -4.00. The minimum absolute atomic E-state index is 0.00535. The van der Waals surface area contributed by atoms with Crippen LogP contribution in [0.1, 0.15) is 33.3 Å². The maximum absolute atomic E-state index is 13.1. The highest BCUT2D eigenvalue weighted by atomic mass is 16.3. The number of aliphatic hydroxyl groups is 1. The molecule has 1 saturated heterocycles. The number of carbonyl (C=O) groups is 6. The molecule has 1 aliphatic heterocycles. The van der Waals surface area contributed by atoms with Gasteiger partial charge in [-0.1, -0.05) is 44.2 Å². The van der Waals surface area contributed by atoms with Gasteiger partial charge in [0.15, 0.2) is 0 Å². The van der Waals surface area contributed by atoms with E-state index in [1.54, 1.807) is 44.2 Å². The standard InChI is InChI=1S/C26H38N6O7/c1-15(2)22-26(39)28-16(3)23(36)30-20(14-33)25(38)29-19(12-18-8-6-5-7-9-18)24(37)27-10-11-32(17(4)34)13-21(35)31-22/h5-9,15-16,19-20,22,33H,10-14H2,1-4H3,(H,27,37)(H,28,39)(H,29,38)(H,30,36)(H,31,35)/t16-,19+,20-,22+/m0/s1. The third-order valence-corrected chi connectivity index (χ3v) is 6.21. The molecule has 1 aliphatic rings. The Bertz CT molecular complexity index is 1050. The molecule has 0 spiro atoms. The molecule has 39 heavy (non-hydrogen) atoms. The van der Waals surface area contributed by atoms with Crippen LogP contribution in [0.2, 0.25) is 0 Å². The van der Waals surface area contributed by atoms with Gasteiger partial charge in [0, 0.05) is 26.4 Å². The molecule has 6 amide bonds. The monoisotopic (exact) mass is 546 g/mol. The summed E-state index contributed by atoms with van der Waals surface area (Å²) < 4.78 is 0. The summed E-state index contributed by atoms with van der Waals surface area (Å²) in [5.74, 6) is -4.07. The van der Waals surface area contributed by atoms with Crippen molar-refractivity contribution in [3.63, 3.8) is 0 Å². The Labute approximate surface area is 227 Å². The first-order valence-electron chi connectivity index (χ1n) is 12.8. The first-order valence-corrected chi connectivity index (χ1v) is 12.8. The van der Waals surface area contributed by atoms with Crippen LogP contribution in [-0.2, 0) is 35.2 Å². The van der Waals surface area contributed by atoms with Gasteiger partial charge in [-0.2, -0.15) is 0 Å². The number of aliphatic hydroxyl groups excluding tert-OH is 1. The van der Waals surface area contributed by atoms with Crippen molar-refractivity contribution in [3.05, 3.63) is 35.9 Å². The zero-order chi connectivity index (χ0) is 29.1. The zero-order valence-electron chi connectivity index (χ0n) is 22.7. The summed E-state index contributed by atoms with van der Waals surface area (Å²) >= 11 is 0. The van der Waals surface area contributed by atoms with Crippen LogP contribution >= 0.6 is 0 Å². The van der Waals surface area contributed by atoms with E-state index in [0.717, 1.165) is 5.56 Å². The van der Waals surface area contributed by atoms with E-state index in [-0.39, 0.29) is 32.0 Å². The fourth-order valence-electron chi connectivity index (χ4n) is 3.90.